The molecule has 1 aromatic carbocycles. The number of fused-ring (bicyclic) bond motifs is 2. The van der Waals surface area contributed by atoms with Crippen LogP contribution >= 0.6 is 0 Å². The monoisotopic (exact) mass is 238 g/mol. The van der Waals surface area contributed by atoms with Gasteiger partial charge in [0.15, 0.2) is 0 Å². The van der Waals surface area contributed by atoms with Crippen molar-refractivity contribution in [3.63, 3.8) is 0 Å². The Labute approximate surface area is 106 Å². The van der Waals surface area contributed by atoms with Crippen LogP contribution in [0.15, 0.2) is 54.1 Å². The van der Waals surface area contributed by atoms with E-state index < -0.39 is 11.4 Å². The van der Waals surface area contributed by atoms with Crippen molar-refractivity contribution in [2.24, 2.45) is 5.92 Å². The number of benzene rings is 1. The van der Waals surface area contributed by atoms with E-state index in [1.165, 1.54) is 0 Å². The molecular weight excluding hydrogens is 224 g/mol. The Bertz CT molecular complexity index is 607. The van der Waals surface area contributed by atoms with E-state index in [1.807, 2.05) is 55.5 Å². The predicted molar refractivity (Wildman–Crippen MR) is 71.2 cm³/mol. The van der Waals surface area contributed by atoms with Gasteiger partial charge in [-0.05, 0) is 23.6 Å². The van der Waals surface area contributed by atoms with E-state index in [0.29, 0.717) is 0 Å². The SMILES string of the molecule is C[C@@]1(C(=O)O)c2ccccc2C=C2C=CC=C[C@@H]21. The average Bonchev–Trinajstić information content (AvgIpc) is 2.39. The van der Waals surface area contributed by atoms with Gasteiger partial charge in [0, 0.05) is 5.92 Å². The zero-order valence-electron chi connectivity index (χ0n) is 10.1. The largest absolute Gasteiger partial charge is 0.481 e. The number of aliphatic carboxylic acids is 1. The molecule has 0 fully saturated rings. The molecule has 90 valence electrons. The quantitative estimate of drug-likeness (QED) is 0.816. The number of allylic oxidation sites excluding steroid dienone is 5. The third kappa shape index (κ3) is 1.32. The first-order valence-corrected chi connectivity index (χ1v) is 6.03. The standard InChI is InChI=1S/C16H14O2/c1-16(15(17)18)13-8-4-2-6-11(13)10-12-7-3-5-9-14(12)16/h2-10,13H,1H3,(H,17,18)/t13-,16-/m0/s1. The van der Waals surface area contributed by atoms with Crippen molar-refractivity contribution in [3.8, 4) is 0 Å². The maximum Gasteiger partial charge on any atom is 0.314 e. The Kier molecular flexibility index (Phi) is 2.27. The Hall–Kier alpha value is -2.09. The molecule has 2 heteroatoms. The summed E-state index contributed by atoms with van der Waals surface area (Å²) in [6.45, 7) is 1.81. The Morgan fingerprint density at radius 2 is 2.06 bits per heavy atom. The minimum atomic E-state index is -0.887. The van der Waals surface area contributed by atoms with Crippen LogP contribution in [0, 0.1) is 5.92 Å². The summed E-state index contributed by atoms with van der Waals surface area (Å²) >= 11 is 0. The molecule has 2 aliphatic carbocycles. The fourth-order valence-corrected chi connectivity index (χ4v) is 2.91. The summed E-state index contributed by atoms with van der Waals surface area (Å²) in [5.74, 6) is -0.861. The number of hydrogen-bond acceptors (Lipinski definition) is 1. The highest BCUT2D eigenvalue weighted by Gasteiger charge is 2.46. The lowest BCUT2D eigenvalue weighted by atomic mass is 9.63. The molecule has 1 N–H and O–H groups in total. The molecule has 0 heterocycles. The molecule has 1 aromatic rings. The molecule has 0 amide bonds. The van der Waals surface area contributed by atoms with Crippen molar-refractivity contribution in [2.45, 2.75) is 12.3 Å². The molecule has 3 rings (SSSR count). The van der Waals surface area contributed by atoms with Crippen LogP contribution < -0.4 is 0 Å². The normalized spacial score (nSPS) is 28.3. The van der Waals surface area contributed by atoms with Crippen LogP contribution in [0.5, 0.6) is 0 Å². The first-order chi connectivity index (χ1) is 8.64. The fraction of sp³-hybridized carbons (Fsp3) is 0.188. The summed E-state index contributed by atoms with van der Waals surface area (Å²) in [7, 11) is 0. The summed E-state index contributed by atoms with van der Waals surface area (Å²) in [4.78, 5) is 11.8. The maximum absolute atomic E-state index is 11.8. The summed E-state index contributed by atoms with van der Waals surface area (Å²) in [6, 6.07) is 7.75. The molecule has 2 aliphatic rings. The van der Waals surface area contributed by atoms with Gasteiger partial charge in [-0.3, -0.25) is 4.79 Å². The second kappa shape index (κ2) is 3.70. The van der Waals surface area contributed by atoms with Crippen molar-refractivity contribution in [2.75, 3.05) is 0 Å². The van der Waals surface area contributed by atoms with E-state index in [0.717, 1.165) is 16.7 Å². The molecule has 0 saturated heterocycles. The lowest BCUT2D eigenvalue weighted by Crippen LogP contribution is -2.42. The lowest BCUT2D eigenvalue weighted by Gasteiger charge is -2.38. The van der Waals surface area contributed by atoms with Gasteiger partial charge >= 0.3 is 5.97 Å². The number of hydrogen-bond donors (Lipinski definition) is 1. The summed E-state index contributed by atoms with van der Waals surface area (Å²) in [5, 5.41) is 9.70. The van der Waals surface area contributed by atoms with Crippen LogP contribution in [-0.4, -0.2) is 11.1 Å². The van der Waals surface area contributed by atoms with Gasteiger partial charge in [-0.15, -0.1) is 0 Å². The Balaban J connectivity index is 2.30. The van der Waals surface area contributed by atoms with Gasteiger partial charge in [0.2, 0.25) is 0 Å². The van der Waals surface area contributed by atoms with Crippen LogP contribution in [0.25, 0.3) is 6.08 Å². The van der Waals surface area contributed by atoms with Crippen LogP contribution in [0.4, 0.5) is 0 Å². The van der Waals surface area contributed by atoms with Gasteiger partial charge in [-0.1, -0.05) is 54.6 Å². The number of rotatable bonds is 1. The molecule has 18 heavy (non-hydrogen) atoms. The first-order valence-electron chi connectivity index (χ1n) is 6.03. The number of carboxylic acid groups (broad SMARTS) is 1. The fourth-order valence-electron chi connectivity index (χ4n) is 2.91. The molecule has 0 radical (unpaired) electrons. The lowest BCUT2D eigenvalue weighted by molar-refractivity contribution is -0.144. The molecule has 0 aromatic heterocycles. The Morgan fingerprint density at radius 3 is 2.83 bits per heavy atom. The second-order valence-electron chi connectivity index (χ2n) is 4.96. The minimum absolute atomic E-state index is 0.0881. The maximum atomic E-state index is 11.8. The van der Waals surface area contributed by atoms with E-state index in [4.69, 9.17) is 0 Å². The van der Waals surface area contributed by atoms with Gasteiger partial charge in [-0.2, -0.15) is 0 Å². The molecule has 0 saturated carbocycles. The van der Waals surface area contributed by atoms with E-state index in [9.17, 15) is 9.90 Å². The van der Waals surface area contributed by atoms with E-state index in [2.05, 4.69) is 6.08 Å². The molecule has 0 spiro atoms. The number of carboxylic acids is 1. The zero-order chi connectivity index (χ0) is 12.8. The third-order valence-corrected chi connectivity index (χ3v) is 3.97. The predicted octanol–water partition coefficient (Wildman–Crippen LogP) is 3.17. The summed E-state index contributed by atoms with van der Waals surface area (Å²) < 4.78 is 0. The highest BCUT2D eigenvalue weighted by Crippen LogP contribution is 2.45. The van der Waals surface area contributed by atoms with Crippen molar-refractivity contribution in [1.29, 1.82) is 0 Å². The summed E-state index contributed by atoms with van der Waals surface area (Å²) in [6.07, 6.45) is 9.96. The minimum Gasteiger partial charge on any atom is -0.481 e. The van der Waals surface area contributed by atoms with Gasteiger partial charge in [0.05, 0.1) is 0 Å². The van der Waals surface area contributed by atoms with E-state index >= 15 is 0 Å². The first kappa shape index (κ1) is 11.0. The van der Waals surface area contributed by atoms with Crippen molar-refractivity contribution < 1.29 is 9.90 Å². The molecule has 0 aliphatic heterocycles. The van der Waals surface area contributed by atoms with Crippen LogP contribution in [0.2, 0.25) is 0 Å². The van der Waals surface area contributed by atoms with Gasteiger partial charge < -0.3 is 5.11 Å². The topological polar surface area (TPSA) is 37.3 Å². The highest BCUT2D eigenvalue weighted by molar-refractivity contribution is 5.87. The van der Waals surface area contributed by atoms with Crippen LogP contribution in [0.3, 0.4) is 0 Å². The molecule has 0 bridgehead atoms. The molecule has 2 atom stereocenters. The third-order valence-electron chi connectivity index (χ3n) is 3.97. The van der Waals surface area contributed by atoms with Crippen molar-refractivity contribution in [1.82, 2.24) is 0 Å². The smallest absolute Gasteiger partial charge is 0.314 e. The number of carbonyl (C=O) groups is 1. The van der Waals surface area contributed by atoms with Gasteiger partial charge in [0.1, 0.15) is 5.41 Å². The van der Waals surface area contributed by atoms with Crippen LogP contribution in [-0.2, 0) is 10.2 Å². The van der Waals surface area contributed by atoms with Gasteiger partial charge in [0.25, 0.3) is 0 Å². The summed E-state index contributed by atoms with van der Waals surface area (Å²) in [5.41, 5.74) is 2.09. The second-order valence-corrected chi connectivity index (χ2v) is 4.96. The zero-order valence-corrected chi connectivity index (χ0v) is 10.1. The average molecular weight is 238 g/mol. The Morgan fingerprint density at radius 1 is 1.28 bits per heavy atom. The van der Waals surface area contributed by atoms with Gasteiger partial charge in [-0.25, -0.2) is 0 Å². The van der Waals surface area contributed by atoms with E-state index in [1.54, 1.807) is 0 Å². The molecular formula is C16H14O2. The molecule has 2 nitrogen and oxygen atoms in total. The van der Waals surface area contributed by atoms with Crippen LogP contribution in [0.1, 0.15) is 18.1 Å². The molecule has 0 unspecified atom stereocenters. The van der Waals surface area contributed by atoms with E-state index in [-0.39, 0.29) is 5.92 Å². The van der Waals surface area contributed by atoms with Crippen molar-refractivity contribution >= 4 is 12.0 Å². The van der Waals surface area contributed by atoms with Crippen molar-refractivity contribution in [3.05, 3.63) is 65.3 Å². The highest BCUT2D eigenvalue weighted by atomic mass is 16.4.